The van der Waals surface area contributed by atoms with Crippen molar-refractivity contribution < 1.29 is 13.6 Å². The molecule has 2 aromatic carbocycles. The number of aromatic nitrogens is 3. The highest BCUT2D eigenvalue weighted by atomic mass is 19.1. The zero-order chi connectivity index (χ0) is 22.7. The fourth-order valence-electron chi connectivity index (χ4n) is 3.11. The minimum absolute atomic E-state index is 0.0318. The van der Waals surface area contributed by atoms with Crippen LogP contribution in [0.1, 0.15) is 27.4 Å². The molecular formula is C23H19FN4O4. The zero-order valence-corrected chi connectivity index (χ0v) is 17.1. The first-order chi connectivity index (χ1) is 15.4. The van der Waals surface area contributed by atoms with Gasteiger partial charge in [-0.15, -0.1) is 0 Å². The molecule has 4 aromatic rings. The van der Waals surface area contributed by atoms with E-state index >= 15 is 0 Å². The highest BCUT2D eigenvalue weighted by Gasteiger charge is 2.21. The first kappa shape index (κ1) is 21.0. The van der Waals surface area contributed by atoms with E-state index in [9.17, 15) is 18.8 Å². The standard InChI is InChI=1S/C23H19FN4O4/c1-15-7-9-16(10-8-15)14-27-22(30)20(21(29)25-13-19-6-3-11-32-19)26-28(23(27)31)18-5-2-4-17(24)12-18/h2-12H,13-14H2,1H3,(H,25,29). The van der Waals surface area contributed by atoms with Crippen LogP contribution in [0, 0.1) is 12.7 Å². The zero-order valence-electron chi connectivity index (χ0n) is 17.1. The van der Waals surface area contributed by atoms with Gasteiger partial charge in [-0.2, -0.15) is 9.78 Å². The van der Waals surface area contributed by atoms with Crippen molar-refractivity contribution in [2.45, 2.75) is 20.0 Å². The maximum atomic E-state index is 13.8. The summed E-state index contributed by atoms with van der Waals surface area (Å²) in [5, 5.41) is 6.51. The van der Waals surface area contributed by atoms with Gasteiger partial charge in [-0.05, 0) is 42.8 Å². The lowest BCUT2D eigenvalue weighted by Gasteiger charge is -2.12. The second kappa shape index (κ2) is 8.84. The Balaban J connectivity index is 1.80. The molecule has 1 amide bonds. The predicted molar refractivity (Wildman–Crippen MR) is 114 cm³/mol. The fraction of sp³-hybridized carbons (Fsp3) is 0.130. The Morgan fingerprint density at radius 3 is 2.56 bits per heavy atom. The molecule has 32 heavy (non-hydrogen) atoms. The Morgan fingerprint density at radius 2 is 1.88 bits per heavy atom. The molecule has 0 aliphatic heterocycles. The normalized spacial score (nSPS) is 10.8. The molecule has 162 valence electrons. The van der Waals surface area contributed by atoms with Gasteiger partial charge in [-0.3, -0.25) is 14.2 Å². The van der Waals surface area contributed by atoms with Gasteiger partial charge < -0.3 is 9.73 Å². The van der Waals surface area contributed by atoms with Crippen LogP contribution in [0.15, 0.2) is 80.9 Å². The number of furan rings is 1. The molecule has 0 aliphatic carbocycles. The number of aryl methyl sites for hydroxylation is 1. The fourth-order valence-corrected chi connectivity index (χ4v) is 3.11. The van der Waals surface area contributed by atoms with E-state index in [-0.39, 0.29) is 18.8 Å². The molecule has 8 nitrogen and oxygen atoms in total. The number of carbonyl (C=O) groups is 1. The number of nitrogens with one attached hydrogen (secondary N) is 1. The summed E-state index contributed by atoms with van der Waals surface area (Å²) in [7, 11) is 0. The third-order valence-electron chi connectivity index (χ3n) is 4.79. The number of amides is 1. The van der Waals surface area contributed by atoms with E-state index in [1.54, 1.807) is 24.3 Å². The van der Waals surface area contributed by atoms with Crippen LogP contribution >= 0.6 is 0 Å². The first-order valence-electron chi connectivity index (χ1n) is 9.78. The molecule has 0 radical (unpaired) electrons. The quantitative estimate of drug-likeness (QED) is 0.503. The molecule has 0 spiro atoms. The van der Waals surface area contributed by atoms with Gasteiger partial charge >= 0.3 is 5.69 Å². The van der Waals surface area contributed by atoms with Crippen molar-refractivity contribution in [3.05, 3.63) is 116 Å². The van der Waals surface area contributed by atoms with Gasteiger partial charge in [0.05, 0.1) is 25.0 Å². The molecular weight excluding hydrogens is 415 g/mol. The second-order valence-corrected chi connectivity index (χ2v) is 7.16. The highest BCUT2D eigenvalue weighted by Crippen LogP contribution is 2.08. The lowest BCUT2D eigenvalue weighted by Crippen LogP contribution is -2.46. The van der Waals surface area contributed by atoms with Crippen LogP contribution in [0.5, 0.6) is 0 Å². The Hall–Kier alpha value is -4.27. The summed E-state index contributed by atoms with van der Waals surface area (Å²) in [6, 6.07) is 15.8. The van der Waals surface area contributed by atoms with E-state index in [0.29, 0.717) is 11.3 Å². The third-order valence-corrected chi connectivity index (χ3v) is 4.79. The maximum absolute atomic E-state index is 13.8. The summed E-state index contributed by atoms with van der Waals surface area (Å²) in [6.07, 6.45) is 1.46. The summed E-state index contributed by atoms with van der Waals surface area (Å²) < 4.78 is 20.7. The first-order valence-corrected chi connectivity index (χ1v) is 9.78. The van der Waals surface area contributed by atoms with Crippen molar-refractivity contribution in [1.29, 1.82) is 0 Å². The van der Waals surface area contributed by atoms with Crippen molar-refractivity contribution in [3.8, 4) is 5.69 Å². The number of halogens is 1. The molecule has 0 aliphatic rings. The molecule has 4 rings (SSSR count). The largest absolute Gasteiger partial charge is 0.467 e. The van der Waals surface area contributed by atoms with Gasteiger partial charge in [-0.25, -0.2) is 9.18 Å². The van der Waals surface area contributed by atoms with Gasteiger partial charge in [0.2, 0.25) is 5.69 Å². The average Bonchev–Trinajstić information content (AvgIpc) is 3.30. The number of nitrogens with zero attached hydrogens (tertiary/aromatic N) is 3. The van der Waals surface area contributed by atoms with E-state index in [1.807, 2.05) is 19.1 Å². The molecule has 0 unspecified atom stereocenters. The van der Waals surface area contributed by atoms with Gasteiger partial charge in [0.25, 0.3) is 11.5 Å². The van der Waals surface area contributed by atoms with Crippen LogP contribution in [0.3, 0.4) is 0 Å². The van der Waals surface area contributed by atoms with E-state index in [1.165, 1.54) is 24.5 Å². The van der Waals surface area contributed by atoms with Crippen LogP contribution < -0.4 is 16.6 Å². The lowest BCUT2D eigenvalue weighted by atomic mass is 10.1. The third kappa shape index (κ3) is 4.41. The Morgan fingerprint density at radius 1 is 1.09 bits per heavy atom. The number of benzene rings is 2. The topological polar surface area (TPSA) is 99.1 Å². The Labute approximate surface area is 181 Å². The van der Waals surface area contributed by atoms with Gasteiger partial charge in [0.1, 0.15) is 11.6 Å². The summed E-state index contributed by atoms with van der Waals surface area (Å²) in [5.41, 5.74) is -0.330. The van der Waals surface area contributed by atoms with Gasteiger partial charge in [0, 0.05) is 0 Å². The van der Waals surface area contributed by atoms with Crippen LogP contribution in [-0.4, -0.2) is 20.3 Å². The van der Waals surface area contributed by atoms with Crippen molar-refractivity contribution >= 4 is 5.91 Å². The molecule has 0 saturated carbocycles. The number of carbonyl (C=O) groups excluding carboxylic acids is 1. The number of hydrogen-bond donors (Lipinski definition) is 1. The Kier molecular flexibility index (Phi) is 5.80. The van der Waals surface area contributed by atoms with Crippen LogP contribution in [0.25, 0.3) is 5.69 Å². The highest BCUT2D eigenvalue weighted by molar-refractivity contribution is 5.91. The van der Waals surface area contributed by atoms with Crippen molar-refractivity contribution in [3.63, 3.8) is 0 Å². The van der Waals surface area contributed by atoms with Crippen molar-refractivity contribution in [2.24, 2.45) is 0 Å². The smallest absolute Gasteiger partial charge is 0.352 e. The molecule has 2 heterocycles. The monoisotopic (exact) mass is 434 g/mol. The Bertz CT molecular complexity index is 1370. The van der Waals surface area contributed by atoms with E-state index in [0.717, 1.165) is 20.9 Å². The van der Waals surface area contributed by atoms with Crippen molar-refractivity contribution in [1.82, 2.24) is 19.7 Å². The molecule has 0 saturated heterocycles. The predicted octanol–water partition coefficient (Wildman–Crippen LogP) is 2.41. The van der Waals surface area contributed by atoms with E-state index in [4.69, 9.17) is 4.42 Å². The molecule has 9 heteroatoms. The van der Waals surface area contributed by atoms with Crippen molar-refractivity contribution in [2.75, 3.05) is 0 Å². The minimum atomic E-state index is -0.847. The molecule has 2 aromatic heterocycles. The van der Waals surface area contributed by atoms with Crippen LogP contribution in [0.4, 0.5) is 4.39 Å². The van der Waals surface area contributed by atoms with Gasteiger partial charge in [0.15, 0.2) is 0 Å². The van der Waals surface area contributed by atoms with Crippen LogP contribution in [0.2, 0.25) is 0 Å². The molecule has 1 N–H and O–H groups in total. The maximum Gasteiger partial charge on any atom is 0.352 e. The summed E-state index contributed by atoms with van der Waals surface area (Å²) >= 11 is 0. The van der Waals surface area contributed by atoms with Crippen LogP contribution in [-0.2, 0) is 13.1 Å². The summed E-state index contributed by atoms with van der Waals surface area (Å²) in [6.45, 7) is 1.87. The second-order valence-electron chi connectivity index (χ2n) is 7.16. The van der Waals surface area contributed by atoms with E-state index < -0.39 is 28.7 Å². The minimum Gasteiger partial charge on any atom is -0.467 e. The van der Waals surface area contributed by atoms with E-state index in [2.05, 4.69) is 10.4 Å². The summed E-state index contributed by atoms with van der Waals surface area (Å²) in [5.74, 6) is -0.887. The average molecular weight is 434 g/mol. The molecule has 0 bridgehead atoms. The molecule has 0 atom stereocenters. The van der Waals surface area contributed by atoms with Gasteiger partial charge in [-0.1, -0.05) is 35.9 Å². The number of rotatable bonds is 6. The molecule has 0 fully saturated rings. The number of hydrogen-bond acceptors (Lipinski definition) is 5. The summed E-state index contributed by atoms with van der Waals surface area (Å²) in [4.78, 5) is 38.9. The SMILES string of the molecule is Cc1ccc(Cn2c(=O)c(C(=O)NCc3ccco3)nn(-c3cccc(F)c3)c2=O)cc1. The lowest BCUT2D eigenvalue weighted by molar-refractivity contribution is 0.0938.